The average Bonchev–Trinajstić information content (AvgIpc) is 2.88. The van der Waals surface area contributed by atoms with Crippen molar-refractivity contribution >= 4 is 0 Å². The van der Waals surface area contributed by atoms with Crippen molar-refractivity contribution in [3.05, 3.63) is 0 Å². The van der Waals surface area contributed by atoms with Crippen molar-refractivity contribution in [2.45, 2.75) is 179 Å². The van der Waals surface area contributed by atoms with Crippen molar-refractivity contribution in [3.8, 4) is 0 Å². The van der Waals surface area contributed by atoms with Crippen molar-refractivity contribution in [1.82, 2.24) is 5.32 Å². The van der Waals surface area contributed by atoms with Crippen LogP contribution in [0.3, 0.4) is 0 Å². The van der Waals surface area contributed by atoms with Gasteiger partial charge in [-0.2, -0.15) is 0 Å². The van der Waals surface area contributed by atoms with E-state index in [0.29, 0.717) is 0 Å². The lowest BCUT2D eigenvalue weighted by molar-refractivity contribution is 0.399. The van der Waals surface area contributed by atoms with Crippen LogP contribution in [-0.4, -0.2) is 25.8 Å². The topological polar surface area (TPSA) is 32.3 Å². The van der Waals surface area contributed by atoms with Crippen LogP contribution < -0.4 is 5.32 Å². The summed E-state index contributed by atoms with van der Waals surface area (Å²) in [6, 6.07) is 0. The average molecular weight is 466 g/mol. The van der Waals surface area contributed by atoms with Crippen LogP contribution >= 0.6 is 0 Å². The van der Waals surface area contributed by atoms with E-state index in [9.17, 15) is 0 Å². The standard InChI is InChI=1S/C12H27N.C6H14.C5H12.3C2H6.CH4O/c1-3-4-5-6-7-8-9-10-11-12-13-2;1-3-5-6-4-2;1-3-5-4-2;4*1-2/h13H,3-12H2,1-2H3;3-6H2,1-2H3;3-5H2,1-2H3;3*1-2H3;2H,1H3. The Hall–Kier alpha value is -0.0800. The molecule has 0 heterocycles. The maximum atomic E-state index is 7.00. The van der Waals surface area contributed by atoms with E-state index in [2.05, 4.69) is 39.9 Å². The summed E-state index contributed by atoms with van der Waals surface area (Å²) in [7, 11) is 3.03. The first-order valence-corrected chi connectivity index (χ1v) is 14.8. The van der Waals surface area contributed by atoms with Crippen molar-refractivity contribution in [2.75, 3.05) is 20.7 Å². The van der Waals surface area contributed by atoms with Gasteiger partial charge in [0.2, 0.25) is 0 Å². The molecule has 2 N–H and O–H groups in total. The Morgan fingerprint density at radius 3 is 0.812 bits per heavy atom. The van der Waals surface area contributed by atoms with Crippen molar-refractivity contribution in [3.63, 3.8) is 0 Å². The molecule has 0 fully saturated rings. The number of aliphatic hydroxyl groups excluding tert-OH is 1. The summed E-state index contributed by atoms with van der Waals surface area (Å²) >= 11 is 0. The van der Waals surface area contributed by atoms with Gasteiger partial charge in [-0.05, 0) is 20.0 Å². The molecule has 32 heavy (non-hydrogen) atoms. The number of hydrogen-bond donors (Lipinski definition) is 2. The molecular formula is C30H75NO. The fourth-order valence-corrected chi connectivity index (χ4v) is 2.47. The van der Waals surface area contributed by atoms with Gasteiger partial charge in [-0.15, -0.1) is 0 Å². The minimum atomic E-state index is 1.00. The SMILES string of the molecule is CC.CC.CC.CCCCC.CCCCCC.CCCCCCCCCCCNC.CO. The smallest absolute Gasteiger partial charge is 0.0319 e. The van der Waals surface area contributed by atoms with Gasteiger partial charge in [-0.25, -0.2) is 0 Å². The third-order valence-electron chi connectivity index (χ3n) is 4.19. The lowest BCUT2D eigenvalue weighted by atomic mass is 10.1. The van der Waals surface area contributed by atoms with Crippen LogP contribution in [0.2, 0.25) is 0 Å². The molecule has 0 amide bonds. The maximum Gasteiger partial charge on any atom is 0.0319 e. The Bertz CT molecular complexity index is 147. The molecule has 2 heteroatoms. The number of hydrogen-bond acceptors (Lipinski definition) is 2. The Morgan fingerprint density at radius 1 is 0.375 bits per heavy atom. The van der Waals surface area contributed by atoms with Crippen LogP contribution in [0.25, 0.3) is 0 Å². The van der Waals surface area contributed by atoms with Crippen LogP contribution in [0.5, 0.6) is 0 Å². The predicted octanol–water partition coefficient (Wildman–Crippen LogP) is 11.2. The largest absolute Gasteiger partial charge is 0.400 e. The van der Waals surface area contributed by atoms with Gasteiger partial charge in [-0.1, -0.05) is 172 Å². The highest BCUT2D eigenvalue weighted by atomic mass is 16.2. The normalized spacial score (nSPS) is 8.06. The van der Waals surface area contributed by atoms with Gasteiger partial charge < -0.3 is 10.4 Å². The van der Waals surface area contributed by atoms with Crippen LogP contribution in [-0.2, 0) is 0 Å². The van der Waals surface area contributed by atoms with Gasteiger partial charge in [0.05, 0.1) is 0 Å². The molecule has 0 bridgehead atoms. The highest BCUT2D eigenvalue weighted by Crippen LogP contribution is 2.08. The maximum absolute atomic E-state index is 7.00. The van der Waals surface area contributed by atoms with E-state index >= 15 is 0 Å². The quantitative estimate of drug-likeness (QED) is 0.236. The zero-order chi connectivity index (χ0) is 26.7. The fourth-order valence-electron chi connectivity index (χ4n) is 2.47. The molecule has 0 aliphatic carbocycles. The molecule has 0 atom stereocenters. The first-order chi connectivity index (χ1) is 15.7. The summed E-state index contributed by atoms with van der Waals surface area (Å²) in [5.74, 6) is 0. The van der Waals surface area contributed by atoms with E-state index in [0.717, 1.165) is 7.11 Å². The van der Waals surface area contributed by atoms with Gasteiger partial charge in [0.25, 0.3) is 0 Å². The van der Waals surface area contributed by atoms with E-state index in [1.165, 1.54) is 109 Å². The molecule has 206 valence electrons. The molecule has 0 saturated heterocycles. The van der Waals surface area contributed by atoms with Gasteiger partial charge in [0.15, 0.2) is 0 Å². The third kappa shape index (κ3) is 112. The molecule has 0 radical (unpaired) electrons. The van der Waals surface area contributed by atoms with Gasteiger partial charge in [-0.3, -0.25) is 0 Å². The van der Waals surface area contributed by atoms with Crippen molar-refractivity contribution in [2.24, 2.45) is 0 Å². The predicted molar refractivity (Wildman–Crippen MR) is 158 cm³/mol. The molecule has 0 aromatic heterocycles. The summed E-state index contributed by atoms with van der Waals surface area (Å²) in [6.07, 6.45) is 22.4. The number of rotatable bonds is 15. The summed E-state index contributed by atoms with van der Waals surface area (Å²) in [5.41, 5.74) is 0. The second-order valence-corrected chi connectivity index (χ2v) is 6.99. The van der Waals surface area contributed by atoms with Crippen molar-refractivity contribution in [1.29, 1.82) is 0 Å². The monoisotopic (exact) mass is 466 g/mol. The molecule has 0 aromatic carbocycles. The molecule has 2 nitrogen and oxygen atoms in total. The van der Waals surface area contributed by atoms with Gasteiger partial charge >= 0.3 is 0 Å². The highest BCUT2D eigenvalue weighted by molar-refractivity contribution is 4.47. The first kappa shape index (κ1) is 49.1. The van der Waals surface area contributed by atoms with E-state index in [1.807, 2.05) is 48.6 Å². The summed E-state index contributed by atoms with van der Waals surface area (Å²) in [4.78, 5) is 0. The first-order valence-electron chi connectivity index (χ1n) is 14.8. The number of nitrogens with one attached hydrogen (secondary N) is 1. The Kier molecular flexibility index (Phi) is 132. The lowest BCUT2D eigenvalue weighted by Gasteiger charge is -2.01. The molecule has 0 spiro atoms. The summed E-state index contributed by atoms with van der Waals surface area (Å²) in [6.45, 7) is 24.4. The summed E-state index contributed by atoms with van der Waals surface area (Å²) in [5, 5.41) is 10.2. The fraction of sp³-hybridized carbons (Fsp3) is 1.00. The molecule has 0 aliphatic rings. The minimum Gasteiger partial charge on any atom is -0.400 e. The molecule has 0 saturated carbocycles. The van der Waals surface area contributed by atoms with Crippen molar-refractivity contribution < 1.29 is 5.11 Å². The molecule has 0 rings (SSSR count). The van der Waals surface area contributed by atoms with Gasteiger partial charge in [0, 0.05) is 7.11 Å². The van der Waals surface area contributed by atoms with Crippen LogP contribution in [0.15, 0.2) is 0 Å². The van der Waals surface area contributed by atoms with E-state index in [-0.39, 0.29) is 0 Å². The van der Waals surface area contributed by atoms with Gasteiger partial charge in [0.1, 0.15) is 0 Å². The number of unbranched alkanes of at least 4 members (excludes halogenated alkanes) is 13. The number of aliphatic hydroxyl groups is 1. The Labute approximate surface area is 210 Å². The molecule has 0 aromatic rings. The zero-order valence-electron chi connectivity index (χ0n) is 26.0. The van der Waals surface area contributed by atoms with Crippen LogP contribution in [0.1, 0.15) is 179 Å². The third-order valence-corrected chi connectivity index (χ3v) is 4.19. The molecule has 0 unspecified atom stereocenters. The minimum absolute atomic E-state index is 1.00. The van der Waals surface area contributed by atoms with Crippen LogP contribution in [0.4, 0.5) is 0 Å². The molecular weight excluding hydrogens is 390 g/mol. The van der Waals surface area contributed by atoms with E-state index < -0.39 is 0 Å². The Morgan fingerprint density at radius 2 is 0.594 bits per heavy atom. The van der Waals surface area contributed by atoms with E-state index in [4.69, 9.17) is 5.11 Å². The zero-order valence-corrected chi connectivity index (χ0v) is 26.0. The second-order valence-electron chi connectivity index (χ2n) is 6.99. The second kappa shape index (κ2) is 86.2. The van der Waals surface area contributed by atoms with Crippen LogP contribution in [0, 0.1) is 0 Å². The van der Waals surface area contributed by atoms with E-state index in [1.54, 1.807) is 0 Å². The summed E-state index contributed by atoms with van der Waals surface area (Å²) < 4.78 is 0. The molecule has 0 aliphatic heterocycles. The Balaban J connectivity index is -0.0000000553. The lowest BCUT2D eigenvalue weighted by Crippen LogP contribution is -2.06. The highest BCUT2D eigenvalue weighted by Gasteiger charge is 1.90.